The first kappa shape index (κ1) is 11.3. The van der Waals surface area contributed by atoms with E-state index in [9.17, 15) is 0 Å². The van der Waals surface area contributed by atoms with Crippen LogP contribution in [0, 0.1) is 0 Å². The molecule has 0 bridgehead atoms. The third kappa shape index (κ3) is 2.55. The van der Waals surface area contributed by atoms with Crippen molar-refractivity contribution in [2.24, 2.45) is 0 Å². The molecule has 2 heterocycles. The molecule has 0 spiro atoms. The molecule has 17 heavy (non-hydrogen) atoms. The van der Waals surface area contributed by atoms with E-state index in [4.69, 9.17) is 11.6 Å². The second-order valence-electron chi connectivity index (χ2n) is 5.00. The van der Waals surface area contributed by atoms with Crippen LogP contribution in [0.4, 0.5) is 5.69 Å². The van der Waals surface area contributed by atoms with Crippen LogP contribution >= 0.6 is 11.6 Å². The Hall–Kier alpha value is -0.800. The van der Waals surface area contributed by atoms with Crippen molar-refractivity contribution < 1.29 is 0 Å². The van der Waals surface area contributed by atoms with Gasteiger partial charge in [0.1, 0.15) is 0 Å². The highest BCUT2D eigenvalue weighted by molar-refractivity contribution is 6.33. The van der Waals surface area contributed by atoms with Gasteiger partial charge >= 0.3 is 0 Å². The smallest absolute Gasteiger partial charge is 0.0822 e. The molecule has 92 valence electrons. The monoisotopic (exact) mass is 251 g/mol. The molecule has 1 atom stereocenters. The molecule has 4 heteroatoms. The molecule has 1 aromatic heterocycles. The summed E-state index contributed by atoms with van der Waals surface area (Å²) in [6, 6.07) is 3.40. The van der Waals surface area contributed by atoms with Gasteiger partial charge in [0, 0.05) is 37.6 Å². The molecule has 0 amide bonds. The Kier molecular flexibility index (Phi) is 3.21. The average molecular weight is 252 g/mol. The molecule has 3 nitrogen and oxygen atoms in total. The maximum Gasteiger partial charge on any atom is 0.0822 e. The second kappa shape index (κ2) is 4.83. The molecule has 2 fully saturated rings. The number of hydrogen-bond donors (Lipinski definition) is 1. The van der Waals surface area contributed by atoms with Gasteiger partial charge in [0.05, 0.1) is 10.7 Å². The summed E-state index contributed by atoms with van der Waals surface area (Å²) in [5.41, 5.74) is 1.14. The molecule has 1 aliphatic heterocycles. The number of nitrogens with zero attached hydrogens (tertiary/aromatic N) is 2. The average Bonchev–Trinajstić information content (AvgIpc) is 3.06. The van der Waals surface area contributed by atoms with Crippen molar-refractivity contribution in [2.75, 3.05) is 18.0 Å². The van der Waals surface area contributed by atoms with Crippen molar-refractivity contribution >= 4 is 17.3 Å². The molecule has 3 rings (SSSR count). The summed E-state index contributed by atoms with van der Waals surface area (Å²) in [5, 5.41) is 4.39. The molecule has 1 saturated heterocycles. The van der Waals surface area contributed by atoms with Crippen LogP contribution in [0.5, 0.6) is 0 Å². The lowest BCUT2D eigenvalue weighted by Gasteiger charge is -2.27. The lowest BCUT2D eigenvalue weighted by Crippen LogP contribution is -2.38. The lowest BCUT2D eigenvalue weighted by molar-refractivity contribution is 0.571. The molecule has 1 aliphatic carbocycles. The fourth-order valence-corrected chi connectivity index (χ4v) is 2.78. The maximum atomic E-state index is 6.22. The van der Waals surface area contributed by atoms with Crippen molar-refractivity contribution in [3.05, 3.63) is 23.5 Å². The molecular weight excluding hydrogens is 234 g/mol. The van der Waals surface area contributed by atoms with Crippen molar-refractivity contribution in [3.8, 4) is 0 Å². The SMILES string of the molecule is Clc1cnccc1N1CCCC1CNC1CC1. The summed E-state index contributed by atoms with van der Waals surface area (Å²) < 4.78 is 0. The normalized spacial score (nSPS) is 24.3. The van der Waals surface area contributed by atoms with E-state index >= 15 is 0 Å². The lowest BCUT2D eigenvalue weighted by atomic mass is 10.2. The second-order valence-corrected chi connectivity index (χ2v) is 5.41. The van der Waals surface area contributed by atoms with Gasteiger partial charge in [-0.2, -0.15) is 0 Å². The number of rotatable bonds is 4. The van der Waals surface area contributed by atoms with E-state index in [1.807, 2.05) is 12.3 Å². The van der Waals surface area contributed by atoms with E-state index < -0.39 is 0 Å². The summed E-state index contributed by atoms with van der Waals surface area (Å²) in [4.78, 5) is 6.48. The van der Waals surface area contributed by atoms with Gasteiger partial charge in [-0.3, -0.25) is 4.98 Å². The van der Waals surface area contributed by atoms with Gasteiger partial charge in [-0.25, -0.2) is 0 Å². The summed E-state index contributed by atoms with van der Waals surface area (Å²) in [5.74, 6) is 0. The zero-order valence-corrected chi connectivity index (χ0v) is 10.7. The van der Waals surface area contributed by atoms with Crippen molar-refractivity contribution in [1.29, 1.82) is 0 Å². The molecule has 1 unspecified atom stereocenters. The Balaban J connectivity index is 1.69. The van der Waals surface area contributed by atoms with Crippen LogP contribution in [0.3, 0.4) is 0 Å². The number of halogens is 1. The summed E-state index contributed by atoms with van der Waals surface area (Å²) in [6.45, 7) is 2.20. The minimum absolute atomic E-state index is 0.593. The van der Waals surface area contributed by atoms with E-state index in [0.717, 1.165) is 29.8 Å². The van der Waals surface area contributed by atoms with E-state index in [1.54, 1.807) is 6.20 Å². The Bertz CT molecular complexity index is 392. The Morgan fingerprint density at radius 1 is 1.41 bits per heavy atom. The minimum Gasteiger partial charge on any atom is -0.366 e. The highest BCUT2D eigenvalue weighted by atomic mass is 35.5. The molecular formula is C13H18ClN3. The van der Waals surface area contributed by atoms with Gasteiger partial charge in [0.25, 0.3) is 0 Å². The molecule has 1 N–H and O–H groups in total. The van der Waals surface area contributed by atoms with E-state index in [-0.39, 0.29) is 0 Å². The fraction of sp³-hybridized carbons (Fsp3) is 0.615. The van der Waals surface area contributed by atoms with Crippen LogP contribution in [-0.2, 0) is 0 Å². The van der Waals surface area contributed by atoms with Crippen LogP contribution in [0.25, 0.3) is 0 Å². The van der Waals surface area contributed by atoms with E-state index in [0.29, 0.717) is 6.04 Å². The van der Waals surface area contributed by atoms with Crippen LogP contribution in [0.15, 0.2) is 18.5 Å². The zero-order chi connectivity index (χ0) is 11.7. The summed E-state index contributed by atoms with van der Waals surface area (Å²) >= 11 is 6.22. The third-order valence-electron chi connectivity index (χ3n) is 3.66. The maximum absolute atomic E-state index is 6.22. The predicted octanol–water partition coefficient (Wildman–Crippen LogP) is 2.46. The molecule has 0 aromatic carbocycles. The Morgan fingerprint density at radius 2 is 2.29 bits per heavy atom. The Morgan fingerprint density at radius 3 is 3.06 bits per heavy atom. The first-order valence-corrected chi connectivity index (χ1v) is 6.82. The first-order valence-electron chi connectivity index (χ1n) is 6.44. The number of pyridine rings is 1. The molecule has 2 aliphatic rings. The number of anilines is 1. The zero-order valence-electron chi connectivity index (χ0n) is 9.90. The van der Waals surface area contributed by atoms with Gasteiger partial charge in [-0.1, -0.05) is 11.6 Å². The standard InChI is InChI=1S/C13H18ClN3/c14-12-9-15-6-5-13(12)17-7-1-2-11(17)8-16-10-3-4-10/h5-6,9-11,16H,1-4,7-8H2. The first-order chi connectivity index (χ1) is 8.34. The van der Waals surface area contributed by atoms with Crippen LogP contribution in [0.2, 0.25) is 5.02 Å². The van der Waals surface area contributed by atoms with Gasteiger partial charge in [0.15, 0.2) is 0 Å². The summed E-state index contributed by atoms with van der Waals surface area (Å²) in [7, 11) is 0. The summed E-state index contributed by atoms with van der Waals surface area (Å²) in [6.07, 6.45) is 8.78. The van der Waals surface area contributed by atoms with Crippen LogP contribution < -0.4 is 10.2 Å². The minimum atomic E-state index is 0.593. The van der Waals surface area contributed by atoms with Gasteiger partial charge in [-0.05, 0) is 31.7 Å². The topological polar surface area (TPSA) is 28.2 Å². The van der Waals surface area contributed by atoms with Crippen molar-refractivity contribution in [2.45, 2.75) is 37.8 Å². The van der Waals surface area contributed by atoms with Crippen LogP contribution in [0.1, 0.15) is 25.7 Å². The third-order valence-corrected chi connectivity index (χ3v) is 3.95. The van der Waals surface area contributed by atoms with E-state index in [2.05, 4.69) is 15.2 Å². The number of aromatic nitrogens is 1. The molecule has 1 aromatic rings. The van der Waals surface area contributed by atoms with Crippen LogP contribution in [-0.4, -0.2) is 30.2 Å². The number of nitrogens with one attached hydrogen (secondary N) is 1. The highest BCUT2D eigenvalue weighted by Gasteiger charge is 2.28. The predicted molar refractivity (Wildman–Crippen MR) is 70.6 cm³/mol. The quantitative estimate of drug-likeness (QED) is 0.891. The largest absolute Gasteiger partial charge is 0.366 e. The van der Waals surface area contributed by atoms with Gasteiger partial charge in [-0.15, -0.1) is 0 Å². The molecule has 0 radical (unpaired) electrons. The number of hydrogen-bond acceptors (Lipinski definition) is 3. The highest BCUT2D eigenvalue weighted by Crippen LogP contribution is 2.31. The van der Waals surface area contributed by atoms with Gasteiger partial charge < -0.3 is 10.2 Å². The van der Waals surface area contributed by atoms with Crippen molar-refractivity contribution in [1.82, 2.24) is 10.3 Å². The Labute approximate surface area is 107 Å². The fourth-order valence-electron chi connectivity index (χ4n) is 2.56. The van der Waals surface area contributed by atoms with E-state index in [1.165, 1.54) is 25.7 Å². The van der Waals surface area contributed by atoms with Gasteiger partial charge in [0.2, 0.25) is 0 Å². The van der Waals surface area contributed by atoms with Crippen molar-refractivity contribution in [3.63, 3.8) is 0 Å². The molecule has 1 saturated carbocycles.